The molecular weight excluding hydrogens is 360 g/mol. The first-order valence-corrected chi connectivity index (χ1v) is 9.80. The van der Waals surface area contributed by atoms with Crippen LogP contribution in [0.4, 0.5) is 0 Å². The monoisotopic (exact) mass is 384 g/mol. The molecule has 1 aromatic carbocycles. The van der Waals surface area contributed by atoms with Crippen LogP contribution in [0.5, 0.6) is 5.75 Å². The number of benzene rings is 1. The number of rotatable bonds is 6. The second-order valence-corrected chi connectivity index (χ2v) is 8.05. The van der Waals surface area contributed by atoms with Crippen LogP contribution in [0.25, 0.3) is 10.9 Å². The van der Waals surface area contributed by atoms with Gasteiger partial charge in [-0.05, 0) is 48.1 Å². The van der Waals surface area contributed by atoms with Crippen molar-refractivity contribution in [2.24, 2.45) is 5.92 Å². The minimum absolute atomic E-state index is 0.158. The quantitative estimate of drug-likeness (QED) is 0.693. The molecular formula is C21H24N2O3S. The molecule has 27 heavy (non-hydrogen) atoms. The molecule has 0 aliphatic heterocycles. The van der Waals surface area contributed by atoms with Crippen LogP contribution < -0.4 is 10.2 Å². The number of methoxy groups -OCH3 is 1. The zero-order valence-electron chi connectivity index (χ0n) is 16.0. The third-order valence-corrected chi connectivity index (χ3v) is 5.50. The summed E-state index contributed by atoms with van der Waals surface area (Å²) in [5, 5.41) is 2.48. The summed E-state index contributed by atoms with van der Waals surface area (Å²) in [5.74, 6) is 0.641. The standard InChI is InChI=1S/C21H24N2O3S/c1-13(2)11-23(12-19-14(3)7-8-27-19)21(25)17-10-22-18-6-5-15(26-4)9-16(18)20(17)24/h5-10,13H,11-12H2,1-4H3,(H,22,24). The maximum absolute atomic E-state index is 13.2. The summed E-state index contributed by atoms with van der Waals surface area (Å²) in [7, 11) is 1.55. The summed E-state index contributed by atoms with van der Waals surface area (Å²) in [6, 6.07) is 7.28. The normalized spacial score (nSPS) is 11.1. The number of H-pyrrole nitrogens is 1. The molecule has 0 aliphatic rings. The van der Waals surface area contributed by atoms with E-state index in [0.29, 0.717) is 35.7 Å². The van der Waals surface area contributed by atoms with Gasteiger partial charge in [0.1, 0.15) is 11.3 Å². The highest BCUT2D eigenvalue weighted by molar-refractivity contribution is 7.10. The molecule has 6 heteroatoms. The lowest BCUT2D eigenvalue weighted by atomic mass is 10.1. The lowest BCUT2D eigenvalue weighted by molar-refractivity contribution is 0.0723. The van der Waals surface area contributed by atoms with Gasteiger partial charge in [-0.3, -0.25) is 9.59 Å². The number of amides is 1. The average molecular weight is 385 g/mol. The van der Waals surface area contributed by atoms with Gasteiger partial charge in [-0.25, -0.2) is 0 Å². The Morgan fingerprint density at radius 3 is 2.70 bits per heavy atom. The van der Waals surface area contributed by atoms with Crippen LogP contribution in [-0.4, -0.2) is 29.4 Å². The van der Waals surface area contributed by atoms with Crippen molar-refractivity contribution in [1.82, 2.24) is 9.88 Å². The highest BCUT2D eigenvalue weighted by Gasteiger charge is 2.22. The second-order valence-electron chi connectivity index (χ2n) is 7.05. The highest BCUT2D eigenvalue weighted by Crippen LogP contribution is 2.21. The third kappa shape index (κ3) is 4.06. The van der Waals surface area contributed by atoms with Crippen molar-refractivity contribution < 1.29 is 9.53 Å². The first-order valence-electron chi connectivity index (χ1n) is 8.92. The van der Waals surface area contributed by atoms with Gasteiger partial charge in [0.15, 0.2) is 0 Å². The van der Waals surface area contributed by atoms with Crippen LogP contribution in [0.15, 0.2) is 40.6 Å². The SMILES string of the molecule is COc1ccc2[nH]cc(C(=O)N(Cc3sccc3C)CC(C)C)c(=O)c2c1. The fraction of sp³-hybridized carbons (Fsp3) is 0.333. The van der Waals surface area contributed by atoms with Gasteiger partial charge in [-0.15, -0.1) is 11.3 Å². The van der Waals surface area contributed by atoms with E-state index >= 15 is 0 Å². The van der Waals surface area contributed by atoms with Crippen molar-refractivity contribution >= 4 is 28.1 Å². The summed E-state index contributed by atoms with van der Waals surface area (Å²) in [6.45, 7) is 7.27. The van der Waals surface area contributed by atoms with Crippen molar-refractivity contribution in [3.05, 3.63) is 62.1 Å². The van der Waals surface area contributed by atoms with E-state index in [-0.39, 0.29) is 16.9 Å². The van der Waals surface area contributed by atoms with Crippen molar-refractivity contribution in [2.45, 2.75) is 27.3 Å². The van der Waals surface area contributed by atoms with E-state index in [4.69, 9.17) is 4.74 Å². The molecule has 5 nitrogen and oxygen atoms in total. The number of hydrogen-bond acceptors (Lipinski definition) is 4. The topological polar surface area (TPSA) is 62.4 Å². The zero-order valence-corrected chi connectivity index (χ0v) is 16.9. The molecule has 0 radical (unpaired) electrons. The van der Waals surface area contributed by atoms with Gasteiger partial charge < -0.3 is 14.6 Å². The molecule has 0 bridgehead atoms. The van der Waals surface area contributed by atoms with Gasteiger partial charge in [0, 0.05) is 28.5 Å². The Balaban J connectivity index is 2.01. The maximum Gasteiger partial charge on any atom is 0.259 e. The number of hydrogen-bond donors (Lipinski definition) is 1. The molecule has 0 saturated heterocycles. The number of carbonyl (C=O) groups is 1. The molecule has 1 amide bonds. The van der Waals surface area contributed by atoms with Crippen molar-refractivity contribution in [1.29, 1.82) is 0 Å². The van der Waals surface area contributed by atoms with Gasteiger partial charge in [0.05, 0.1) is 13.7 Å². The van der Waals surface area contributed by atoms with Crippen LogP contribution in [0.2, 0.25) is 0 Å². The van der Waals surface area contributed by atoms with Crippen LogP contribution in [0, 0.1) is 12.8 Å². The number of pyridine rings is 1. The Hall–Kier alpha value is -2.60. The second kappa shape index (κ2) is 7.96. The van der Waals surface area contributed by atoms with Gasteiger partial charge in [-0.1, -0.05) is 13.8 Å². The van der Waals surface area contributed by atoms with Crippen LogP contribution >= 0.6 is 11.3 Å². The van der Waals surface area contributed by atoms with E-state index in [0.717, 1.165) is 4.88 Å². The minimum Gasteiger partial charge on any atom is -0.497 e. The summed E-state index contributed by atoms with van der Waals surface area (Å²) in [4.78, 5) is 32.2. The number of aryl methyl sites for hydroxylation is 1. The minimum atomic E-state index is -0.274. The number of carbonyl (C=O) groups excluding carboxylic acids is 1. The van der Waals surface area contributed by atoms with Gasteiger partial charge >= 0.3 is 0 Å². The fourth-order valence-electron chi connectivity index (χ4n) is 3.05. The molecule has 0 atom stereocenters. The van der Waals surface area contributed by atoms with Crippen LogP contribution in [-0.2, 0) is 6.54 Å². The van der Waals surface area contributed by atoms with Crippen molar-refractivity contribution in [2.75, 3.05) is 13.7 Å². The van der Waals surface area contributed by atoms with E-state index in [9.17, 15) is 9.59 Å². The van der Waals surface area contributed by atoms with E-state index in [1.165, 1.54) is 11.8 Å². The van der Waals surface area contributed by atoms with Gasteiger partial charge in [0.2, 0.25) is 5.43 Å². The lowest BCUT2D eigenvalue weighted by Gasteiger charge is -2.24. The average Bonchev–Trinajstić information content (AvgIpc) is 3.05. The zero-order chi connectivity index (χ0) is 19.6. The van der Waals surface area contributed by atoms with E-state index in [1.807, 2.05) is 18.4 Å². The van der Waals surface area contributed by atoms with Crippen LogP contribution in [0.3, 0.4) is 0 Å². The molecule has 142 valence electrons. The number of aromatic nitrogens is 1. The number of nitrogens with one attached hydrogen (secondary N) is 1. The van der Waals surface area contributed by atoms with E-state index in [2.05, 4.69) is 18.8 Å². The molecule has 3 aromatic rings. The highest BCUT2D eigenvalue weighted by atomic mass is 32.1. The molecule has 1 N–H and O–H groups in total. The maximum atomic E-state index is 13.2. The molecule has 3 rings (SSSR count). The largest absolute Gasteiger partial charge is 0.497 e. The Morgan fingerprint density at radius 2 is 2.07 bits per heavy atom. The summed E-state index contributed by atoms with van der Waals surface area (Å²) in [5.41, 5.74) is 1.73. The number of fused-ring (bicyclic) bond motifs is 1. The number of thiophene rings is 1. The number of aromatic amines is 1. The molecule has 0 fully saturated rings. The molecule has 2 aromatic heterocycles. The summed E-state index contributed by atoms with van der Waals surface area (Å²) >= 11 is 1.63. The molecule has 0 spiro atoms. The van der Waals surface area contributed by atoms with Gasteiger partial charge in [0.25, 0.3) is 5.91 Å². The van der Waals surface area contributed by atoms with Crippen LogP contribution in [0.1, 0.15) is 34.6 Å². The number of ether oxygens (including phenoxy) is 1. The smallest absolute Gasteiger partial charge is 0.259 e. The lowest BCUT2D eigenvalue weighted by Crippen LogP contribution is -2.36. The predicted molar refractivity (Wildman–Crippen MR) is 110 cm³/mol. The Bertz CT molecular complexity index is 1020. The Morgan fingerprint density at radius 1 is 1.30 bits per heavy atom. The van der Waals surface area contributed by atoms with Crippen molar-refractivity contribution in [3.63, 3.8) is 0 Å². The van der Waals surface area contributed by atoms with Crippen molar-refractivity contribution in [3.8, 4) is 5.75 Å². The third-order valence-electron chi connectivity index (χ3n) is 4.49. The fourth-order valence-corrected chi connectivity index (χ4v) is 3.97. The molecule has 0 unspecified atom stereocenters. The predicted octanol–water partition coefficient (Wildman–Crippen LogP) is 4.21. The first-order chi connectivity index (χ1) is 12.9. The summed E-state index contributed by atoms with van der Waals surface area (Å²) in [6.07, 6.45) is 1.52. The van der Waals surface area contributed by atoms with Gasteiger partial charge in [-0.2, -0.15) is 0 Å². The molecule has 2 heterocycles. The number of nitrogens with zero attached hydrogens (tertiary/aromatic N) is 1. The van der Waals surface area contributed by atoms with E-state index in [1.54, 1.807) is 41.5 Å². The Kier molecular flexibility index (Phi) is 5.65. The molecule has 0 saturated carbocycles. The summed E-state index contributed by atoms with van der Waals surface area (Å²) < 4.78 is 5.21. The first kappa shape index (κ1) is 19.2. The van der Waals surface area contributed by atoms with E-state index < -0.39 is 0 Å². The molecule has 0 aliphatic carbocycles. The Labute approximate surface area is 162 Å².